The SMILES string of the molecule is O=C(c1cncc(Sc2ccccn2)c1)N1CCCN(C2CCC2)CC1. The van der Waals surface area contributed by atoms with Gasteiger partial charge in [0, 0.05) is 55.7 Å². The number of carbonyl (C=O) groups excluding carboxylic acids is 1. The van der Waals surface area contributed by atoms with Crippen LogP contribution >= 0.6 is 11.8 Å². The highest BCUT2D eigenvalue weighted by Crippen LogP contribution is 2.27. The van der Waals surface area contributed by atoms with E-state index in [-0.39, 0.29) is 5.91 Å². The number of hydrogen-bond acceptors (Lipinski definition) is 5. The number of rotatable bonds is 4. The second-order valence-corrected chi connectivity index (χ2v) is 8.04. The van der Waals surface area contributed by atoms with Gasteiger partial charge < -0.3 is 4.90 Å². The molecule has 2 aliphatic rings. The molecule has 1 saturated heterocycles. The number of hydrogen-bond donors (Lipinski definition) is 0. The largest absolute Gasteiger partial charge is 0.337 e. The number of nitrogens with zero attached hydrogens (tertiary/aromatic N) is 4. The minimum atomic E-state index is 0.0939. The third-order valence-electron chi connectivity index (χ3n) is 5.23. The van der Waals surface area contributed by atoms with Crippen molar-refractivity contribution in [3.05, 3.63) is 48.4 Å². The lowest BCUT2D eigenvalue weighted by molar-refractivity contribution is 0.0749. The molecule has 0 radical (unpaired) electrons. The standard InChI is InChI=1S/C20H24N4OS/c25-20(24-10-4-9-23(11-12-24)17-5-3-6-17)16-13-18(15-21-14-16)26-19-7-1-2-8-22-19/h1-2,7-8,13-15,17H,3-6,9-12H2. The summed E-state index contributed by atoms with van der Waals surface area (Å²) >= 11 is 1.53. The molecule has 6 heteroatoms. The molecule has 2 aromatic rings. The van der Waals surface area contributed by atoms with Gasteiger partial charge in [-0.15, -0.1) is 0 Å². The molecule has 0 bridgehead atoms. The van der Waals surface area contributed by atoms with Crippen molar-refractivity contribution >= 4 is 17.7 Å². The van der Waals surface area contributed by atoms with Crippen LogP contribution in [0.4, 0.5) is 0 Å². The average molecular weight is 369 g/mol. The monoisotopic (exact) mass is 368 g/mol. The predicted molar refractivity (Wildman–Crippen MR) is 102 cm³/mol. The molecule has 1 amide bonds. The van der Waals surface area contributed by atoms with Gasteiger partial charge in [-0.1, -0.05) is 24.2 Å². The van der Waals surface area contributed by atoms with E-state index in [1.807, 2.05) is 29.2 Å². The minimum absolute atomic E-state index is 0.0939. The Morgan fingerprint density at radius 1 is 1.08 bits per heavy atom. The van der Waals surface area contributed by atoms with E-state index in [2.05, 4.69) is 14.9 Å². The van der Waals surface area contributed by atoms with E-state index in [4.69, 9.17) is 0 Å². The lowest BCUT2D eigenvalue weighted by atomic mass is 9.91. The average Bonchev–Trinajstić information content (AvgIpc) is 2.87. The normalized spacial score (nSPS) is 19.0. The van der Waals surface area contributed by atoms with E-state index >= 15 is 0 Å². The maximum atomic E-state index is 13.0. The van der Waals surface area contributed by atoms with E-state index in [9.17, 15) is 4.79 Å². The molecule has 5 nitrogen and oxygen atoms in total. The molecule has 0 spiro atoms. The van der Waals surface area contributed by atoms with Crippen LogP contribution in [-0.2, 0) is 0 Å². The van der Waals surface area contributed by atoms with Gasteiger partial charge in [-0.25, -0.2) is 4.98 Å². The molecule has 0 aromatic carbocycles. The summed E-state index contributed by atoms with van der Waals surface area (Å²) in [5, 5.41) is 0.907. The first kappa shape index (κ1) is 17.5. The first-order valence-electron chi connectivity index (χ1n) is 9.37. The molecular weight excluding hydrogens is 344 g/mol. The van der Waals surface area contributed by atoms with Crippen molar-refractivity contribution in [1.82, 2.24) is 19.8 Å². The van der Waals surface area contributed by atoms with Crippen LogP contribution in [0.2, 0.25) is 0 Å². The molecule has 3 heterocycles. The summed E-state index contributed by atoms with van der Waals surface area (Å²) in [7, 11) is 0. The molecule has 0 N–H and O–H groups in total. The topological polar surface area (TPSA) is 49.3 Å². The van der Waals surface area contributed by atoms with Gasteiger partial charge in [-0.2, -0.15) is 0 Å². The highest BCUT2D eigenvalue weighted by Gasteiger charge is 2.28. The summed E-state index contributed by atoms with van der Waals surface area (Å²) in [6, 6.07) is 8.51. The lowest BCUT2D eigenvalue weighted by Crippen LogP contribution is -2.42. The third kappa shape index (κ3) is 4.07. The van der Waals surface area contributed by atoms with Crippen molar-refractivity contribution in [2.24, 2.45) is 0 Å². The number of carbonyl (C=O) groups is 1. The Bertz CT molecular complexity index is 750. The first-order valence-corrected chi connectivity index (χ1v) is 10.2. The zero-order valence-electron chi connectivity index (χ0n) is 14.9. The van der Waals surface area contributed by atoms with E-state index in [1.165, 1.54) is 31.0 Å². The maximum absolute atomic E-state index is 13.0. The van der Waals surface area contributed by atoms with Crippen molar-refractivity contribution in [3.63, 3.8) is 0 Å². The lowest BCUT2D eigenvalue weighted by Gasteiger charge is -2.36. The fourth-order valence-electron chi connectivity index (χ4n) is 3.56. The van der Waals surface area contributed by atoms with Gasteiger partial charge in [0.15, 0.2) is 0 Å². The zero-order valence-corrected chi connectivity index (χ0v) is 15.7. The van der Waals surface area contributed by atoms with Gasteiger partial charge in [0.25, 0.3) is 5.91 Å². The maximum Gasteiger partial charge on any atom is 0.255 e. The molecule has 26 heavy (non-hydrogen) atoms. The number of amides is 1. The summed E-state index contributed by atoms with van der Waals surface area (Å²) in [4.78, 5) is 27.1. The third-order valence-corrected chi connectivity index (χ3v) is 6.14. The molecule has 1 saturated carbocycles. The molecule has 1 aliphatic carbocycles. The van der Waals surface area contributed by atoms with Gasteiger partial charge in [0.05, 0.1) is 5.56 Å². The second-order valence-electron chi connectivity index (χ2n) is 6.95. The fraction of sp³-hybridized carbons (Fsp3) is 0.450. The highest BCUT2D eigenvalue weighted by atomic mass is 32.2. The molecule has 136 valence electrons. The first-order chi connectivity index (χ1) is 12.8. The minimum Gasteiger partial charge on any atom is -0.337 e. The Kier molecular flexibility index (Phi) is 5.51. The van der Waals surface area contributed by atoms with Crippen molar-refractivity contribution in [2.75, 3.05) is 26.2 Å². The van der Waals surface area contributed by atoms with Gasteiger partial charge in [0.1, 0.15) is 5.03 Å². The van der Waals surface area contributed by atoms with E-state index in [0.29, 0.717) is 5.56 Å². The van der Waals surface area contributed by atoms with Gasteiger partial charge >= 0.3 is 0 Å². The van der Waals surface area contributed by atoms with Crippen LogP contribution in [0, 0.1) is 0 Å². The smallest absolute Gasteiger partial charge is 0.255 e. The summed E-state index contributed by atoms with van der Waals surface area (Å²) in [6.45, 7) is 3.75. The van der Waals surface area contributed by atoms with Gasteiger partial charge in [0.2, 0.25) is 0 Å². The Balaban J connectivity index is 1.41. The second kappa shape index (κ2) is 8.18. The Morgan fingerprint density at radius 3 is 2.77 bits per heavy atom. The molecule has 4 rings (SSSR count). The Labute approximate surface area is 158 Å². The van der Waals surface area contributed by atoms with Crippen molar-refractivity contribution in [1.29, 1.82) is 0 Å². The number of aromatic nitrogens is 2. The van der Waals surface area contributed by atoms with Crippen LogP contribution in [0.15, 0.2) is 52.8 Å². The fourth-order valence-corrected chi connectivity index (χ4v) is 4.36. The Hall–Kier alpha value is -1.92. The molecule has 2 aromatic heterocycles. The van der Waals surface area contributed by atoms with E-state index in [1.54, 1.807) is 18.6 Å². The van der Waals surface area contributed by atoms with Crippen LogP contribution in [0.3, 0.4) is 0 Å². The molecule has 0 atom stereocenters. The van der Waals surface area contributed by atoms with E-state index in [0.717, 1.165) is 48.6 Å². The predicted octanol–water partition coefficient (Wildman–Crippen LogP) is 3.33. The van der Waals surface area contributed by atoms with Crippen LogP contribution in [0.25, 0.3) is 0 Å². The van der Waals surface area contributed by atoms with Crippen LogP contribution in [-0.4, -0.2) is 57.9 Å². The zero-order chi connectivity index (χ0) is 17.8. The summed E-state index contributed by atoms with van der Waals surface area (Å²) in [6.07, 6.45) is 10.3. The van der Waals surface area contributed by atoms with Crippen LogP contribution < -0.4 is 0 Å². The van der Waals surface area contributed by atoms with Gasteiger partial charge in [-0.05, 0) is 37.5 Å². The van der Waals surface area contributed by atoms with Crippen molar-refractivity contribution < 1.29 is 4.79 Å². The van der Waals surface area contributed by atoms with Gasteiger partial charge in [-0.3, -0.25) is 14.7 Å². The van der Waals surface area contributed by atoms with Crippen molar-refractivity contribution in [2.45, 2.75) is 41.6 Å². The van der Waals surface area contributed by atoms with E-state index < -0.39 is 0 Å². The quantitative estimate of drug-likeness (QED) is 0.828. The van der Waals surface area contributed by atoms with Crippen molar-refractivity contribution in [3.8, 4) is 0 Å². The van der Waals surface area contributed by atoms with Crippen LogP contribution in [0.1, 0.15) is 36.0 Å². The number of pyridine rings is 2. The molecule has 1 aliphatic heterocycles. The molecular formula is C20H24N4OS. The highest BCUT2D eigenvalue weighted by molar-refractivity contribution is 7.99. The molecule has 2 fully saturated rings. The summed E-state index contributed by atoms with van der Waals surface area (Å²) in [5.41, 5.74) is 0.669. The van der Waals surface area contributed by atoms with Crippen LogP contribution in [0.5, 0.6) is 0 Å². The summed E-state index contributed by atoms with van der Waals surface area (Å²) in [5.74, 6) is 0.0939. The Morgan fingerprint density at radius 2 is 2.00 bits per heavy atom. The molecule has 0 unspecified atom stereocenters. The summed E-state index contributed by atoms with van der Waals surface area (Å²) < 4.78 is 0.